The molecule has 0 unspecified atom stereocenters. The first-order valence-electron chi connectivity index (χ1n) is 3.60. The molecule has 0 amide bonds. The van der Waals surface area contributed by atoms with E-state index >= 15 is 0 Å². The highest BCUT2D eigenvalue weighted by Crippen LogP contribution is 2.40. The first kappa shape index (κ1) is 15.3. The van der Waals surface area contributed by atoms with Gasteiger partial charge in [-0.2, -0.15) is 0 Å². The van der Waals surface area contributed by atoms with Gasteiger partial charge in [0.05, 0.1) is 14.4 Å². The number of rotatable bonds is 2. The van der Waals surface area contributed by atoms with E-state index in [-0.39, 0.29) is 19.3 Å². The van der Waals surface area contributed by atoms with Gasteiger partial charge in [0.25, 0.3) is 0 Å². The van der Waals surface area contributed by atoms with E-state index < -0.39 is 0 Å². The average Bonchev–Trinajstić information content (AvgIpc) is 1.98. The molecule has 0 aromatic carbocycles. The Morgan fingerprint density at radius 3 is 1.57 bits per heavy atom. The SMILES string of the molecule is CC(C)(C)S/C(Cl)=C(/Cl)C(Cl)=C(Cl)Cl. The lowest BCUT2D eigenvalue weighted by Crippen LogP contribution is -2.06. The summed E-state index contributed by atoms with van der Waals surface area (Å²) in [6.07, 6.45) is 0. The van der Waals surface area contributed by atoms with E-state index in [4.69, 9.17) is 58.0 Å². The van der Waals surface area contributed by atoms with Gasteiger partial charge in [-0.3, -0.25) is 0 Å². The third-order valence-electron chi connectivity index (χ3n) is 0.927. The van der Waals surface area contributed by atoms with E-state index in [1.54, 1.807) is 0 Å². The molecule has 0 aliphatic rings. The van der Waals surface area contributed by atoms with Crippen LogP contribution in [-0.2, 0) is 0 Å². The maximum absolute atomic E-state index is 5.93. The summed E-state index contributed by atoms with van der Waals surface area (Å²) in [5, 5.41) is 0.241. The minimum Gasteiger partial charge on any atom is -0.106 e. The highest BCUT2D eigenvalue weighted by atomic mass is 35.5. The van der Waals surface area contributed by atoms with Crippen LogP contribution in [0, 0.1) is 0 Å². The number of hydrogen-bond donors (Lipinski definition) is 0. The number of thioether (sulfide) groups is 1. The van der Waals surface area contributed by atoms with Crippen LogP contribution >= 0.6 is 69.8 Å². The van der Waals surface area contributed by atoms with E-state index in [1.165, 1.54) is 11.8 Å². The Morgan fingerprint density at radius 2 is 1.29 bits per heavy atom. The Labute approximate surface area is 114 Å². The maximum atomic E-state index is 5.93. The second kappa shape index (κ2) is 6.12. The fourth-order valence-electron chi connectivity index (χ4n) is 0.483. The fourth-order valence-corrected chi connectivity index (χ4v) is 2.70. The van der Waals surface area contributed by atoms with Gasteiger partial charge in [-0.25, -0.2) is 0 Å². The van der Waals surface area contributed by atoms with Gasteiger partial charge in [0, 0.05) is 4.75 Å². The van der Waals surface area contributed by atoms with Gasteiger partial charge < -0.3 is 0 Å². The van der Waals surface area contributed by atoms with E-state index in [0.29, 0.717) is 4.36 Å². The van der Waals surface area contributed by atoms with Gasteiger partial charge in [0.15, 0.2) is 0 Å². The van der Waals surface area contributed by atoms with Crippen LogP contribution in [0.25, 0.3) is 0 Å². The van der Waals surface area contributed by atoms with Gasteiger partial charge in [-0.1, -0.05) is 78.8 Å². The molecule has 0 aliphatic heterocycles. The van der Waals surface area contributed by atoms with E-state index in [2.05, 4.69) is 0 Å². The van der Waals surface area contributed by atoms with Gasteiger partial charge in [-0.05, 0) is 0 Å². The van der Waals surface area contributed by atoms with Crippen molar-refractivity contribution < 1.29 is 0 Å². The summed E-state index contributed by atoms with van der Waals surface area (Å²) in [7, 11) is 0. The number of halogens is 5. The molecular formula is C8H9Cl5S. The lowest BCUT2D eigenvalue weighted by molar-refractivity contribution is 0.807. The van der Waals surface area contributed by atoms with Crippen molar-refractivity contribution in [3.05, 3.63) is 18.9 Å². The van der Waals surface area contributed by atoms with Gasteiger partial charge >= 0.3 is 0 Å². The lowest BCUT2D eigenvalue weighted by atomic mass is 10.3. The molecule has 82 valence electrons. The monoisotopic (exact) mass is 312 g/mol. The summed E-state index contributed by atoms with van der Waals surface area (Å²) in [5.41, 5.74) is 0. The molecule has 0 aromatic rings. The molecule has 0 fully saturated rings. The van der Waals surface area contributed by atoms with Crippen molar-refractivity contribution in [3.8, 4) is 0 Å². The largest absolute Gasteiger partial charge is 0.127 e. The lowest BCUT2D eigenvalue weighted by Gasteiger charge is -2.17. The number of hydrogen-bond acceptors (Lipinski definition) is 1. The van der Waals surface area contributed by atoms with Crippen LogP contribution in [0.1, 0.15) is 20.8 Å². The van der Waals surface area contributed by atoms with Crippen LogP contribution in [0.2, 0.25) is 0 Å². The molecule has 0 saturated heterocycles. The maximum Gasteiger partial charge on any atom is 0.127 e. The Balaban J connectivity index is 4.87. The Morgan fingerprint density at radius 1 is 0.857 bits per heavy atom. The third-order valence-corrected chi connectivity index (χ3v) is 3.98. The summed E-state index contributed by atoms with van der Waals surface area (Å²) < 4.78 is 0.236. The molecule has 0 heterocycles. The molecule has 0 saturated carbocycles. The summed E-state index contributed by atoms with van der Waals surface area (Å²) in [5.74, 6) is 0. The van der Waals surface area contributed by atoms with Crippen LogP contribution in [0.4, 0.5) is 0 Å². The first-order chi connectivity index (χ1) is 6.15. The molecule has 0 bridgehead atoms. The van der Waals surface area contributed by atoms with Crippen molar-refractivity contribution in [2.45, 2.75) is 25.5 Å². The van der Waals surface area contributed by atoms with E-state index in [0.717, 1.165) is 0 Å². The summed E-state index contributed by atoms with van der Waals surface area (Å²) >= 11 is 29.8. The molecular weight excluding hydrogens is 305 g/mol. The number of allylic oxidation sites excluding steroid dienone is 2. The van der Waals surface area contributed by atoms with Crippen LogP contribution in [0.15, 0.2) is 18.9 Å². The zero-order valence-corrected chi connectivity index (χ0v) is 12.4. The molecule has 0 atom stereocenters. The summed E-state index contributed by atoms with van der Waals surface area (Å²) in [4.78, 5) is 0. The van der Waals surface area contributed by atoms with Crippen LogP contribution in [-0.4, -0.2) is 4.75 Å². The molecule has 0 radical (unpaired) electrons. The summed E-state index contributed by atoms with van der Waals surface area (Å²) in [6, 6.07) is 0. The molecule has 6 heteroatoms. The Hall–Kier alpha value is 1.28. The topological polar surface area (TPSA) is 0 Å². The molecule has 14 heavy (non-hydrogen) atoms. The minimum absolute atomic E-state index is 0.0484. The molecule has 0 aliphatic carbocycles. The second-order valence-electron chi connectivity index (χ2n) is 3.38. The second-order valence-corrected chi connectivity index (χ2v) is 7.52. The molecule has 0 spiro atoms. The molecule has 0 nitrogen and oxygen atoms in total. The highest BCUT2D eigenvalue weighted by molar-refractivity contribution is 8.05. The van der Waals surface area contributed by atoms with Gasteiger partial charge in [-0.15, -0.1) is 11.8 Å². The first-order valence-corrected chi connectivity index (χ1v) is 6.31. The van der Waals surface area contributed by atoms with Crippen molar-refractivity contribution in [3.63, 3.8) is 0 Å². The molecule has 0 aromatic heterocycles. The van der Waals surface area contributed by atoms with Gasteiger partial charge in [0.1, 0.15) is 4.49 Å². The fraction of sp³-hybridized carbons (Fsp3) is 0.500. The molecule has 0 rings (SSSR count). The van der Waals surface area contributed by atoms with E-state index in [1.807, 2.05) is 20.8 Å². The predicted molar refractivity (Wildman–Crippen MR) is 70.7 cm³/mol. The van der Waals surface area contributed by atoms with Crippen molar-refractivity contribution in [1.29, 1.82) is 0 Å². The quantitative estimate of drug-likeness (QED) is 0.559. The zero-order valence-electron chi connectivity index (χ0n) is 7.80. The van der Waals surface area contributed by atoms with Crippen LogP contribution in [0.5, 0.6) is 0 Å². The Bertz CT molecular complexity index is 270. The zero-order chi connectivity index (χ0) is 11.5. The minimum atomic E-state index is -0.0932. The van der Waals surface area contributed by atoms with Gasteiger partial charge in [0.2, 0.25) is 0 Å². The van der Waals surface area contributed by atoms with Crippen molar-refractivity contribution in [2.24, 2.45) is 0 Å². The standard InChI is InChI=1S/C8H9Cl5S/c1-8(2,3)14-7(13)5(10)4(9)6(11)12/h1-3H3/b7-5+. The average molecular weight is 314 g/mol. The van der Waals surface area contributed by atoms with Crippen molar-refractivity contribution in [1.82, 2.24) is 0 Å². The van der Waals surface area contributed by atoms with Crippen LogP contribution < -0.4 is 0 Å². The Kier molecular flexibility index (Phi) is 6.68. The van der Waals surface area contributed by atoms with Crippen LogP contribution in [0.3, 0.4) is 0 Å². The third kappa shape index (κ3) is 5.99. The van der Waals surface area contributed by atoms with Crippen molar-refractivity contribution in [2.75, 3.05) is 0 Å². The summed E-state index contributed by atoms with van der Waals surface area (Å²) in [6.45, 7) is 6.01. The molecule has 0 N–H and O–H groups in total. The smallest absolute Gasteiger partial charge is 0.106 e. The highest BCUT2D eigenvalue weighted by Gasteiger charge is 2.17. The predicted octanol–water partition coefficient (Wildman–Crippen LogP) is 6.05. The van der Waals surface area contributed by atoms with E-state index in [9.17, 15) is 0 Å². The van der Waals surface area contributed by atoms with Crippen molar-refractivity contribution >= 4 is 69.8 Å². The normalized spacial score (nSPS) is 13.7.